The summed E-state index contributed by atoms with van der Waals surface area (Å²) in [6, 6.07) is 5.61. The third-order valence-corrected chi connectivity index (χ3v) is 3.33. The monoisotopic (exact) mass is 265 g/mol. The fourth-order valence-electron chi connectivity index (χ4n) is 1.90. The smallest absolute Gasteiger partial charge is 0.320 e. The zero-order chi connectivity index (χ0) is 14.4. The topological polar surface area (TPSA) is 49.8 Å². The molecule has 4 heteroatoms. The van der Waals surface area contributed by atoms with Gasteiger partial charge >= 0.3 is 5.97 Å². The molecule has 0 amide bonds. The van der Waals surface area contributed by atoms with Crippen molar-refractivity contribution < 1.29 is 14.6 Å². The van der Waals surface area contributed by atoms with Crippen LogP contribution in [-0.4, -0.2) is 42.2 Å². The average molecular weight is 265 g/mol. The zero-order valence-corrected chi connectivity index (χ0v) is 12.1. The second-order valence-corrected chi connectivity index (χ2v) is 4.92. The van der Waals surface area contributed by atoms with Gasteiger partial charge in [-0.05, 0) is 45.4 Å². The summed E-state index contributed by atoms with van der Waals surface area (Å²) in [4.78, 5) is 12.6. The van der Waals surface area contributed by atoms with Crippen molar-refractivity contribution in [3.8, 4) is 5.75 Å². The molecule has 0 aliphatic rings. The van der Waals surface area contributed by atoms with E-state index >= 15 is 0 Å². The number of carbonyl (C=O) groups is 1. The van der Waals surface area contributed by atoms with Gasteiger partial charge in [0, 0.05) is 6.54 Å². The molecule has 0 aliphatic heterocycles. The lowest BCUT2D eigenvalue weighted by Gasteiger charge is -2.21. The highest BCUT2D eigenvalue weighted by atomic mass is 16.5. The summed E-state index contributed by atoms with van der Waals surface area (Å²) in [6.45, 7) is 7.05. The van der Waals surface area contributed by atoms with Crippen molar-refractivity contribution in [3.05, 3.63) is 29.3 Å². The van der Waals surface area contributed by atoms with Crippen LogP contribution >= 0.6 is 0 Å². The predicted octanol–water partition coefficient (Wildman–Crippen LogP) is 2.48. The van der Waals surface area contributed by atoms with Crippen LogP contribution in [0.4, 0.5) is 0 Å². The summed E-state index contributed by atoms with van der Waals surface area (Å²) in [7, 11) is 1.82. The third kappa shape index (κ3) is 4.56. The number of hydrogen-bond donors (Lipinski definition) is 1. The summed E-state index contributed by atoms with van der Waals surface area (Å²) in [5.41, 5.74) is 2.26. The molecular weight excluding hydrogens is 242 g/mol. The number of hydrogen-bond acceptors (Lipinski definition) is 3. The van der Waals surface area contributed by atoms with Crippen molar-refractivity contribution in [1.29, 1.82) is 0 Å². The van der Waals surface area contributed by atoms with Gasteiger partial charge in [0.05, 0.1) is 6.61 Å². The Morgan fingerprint density at radius 3 is 2.47 bits per heavy atom. The Balaban J connectivity index is 2.37. The average Bonchev–Trinajstić information content (AvgIpc) is 2.36. The summed E-state index contributed by atoms with van der Waals surface area (Å²) in [5.74, 6) is 0.148. The van der Waals surface area contributed by atoms with Gasteiger partial charge in [-0.3, -0.25) is 9.69 Å². The van der Waals surface area contributed by atoms with Gasteiger partial charge in [-0.15, -0.1) is 0 Å². The Morgan fingerprint density at radius 2 is 1.95 bits per heavy atom. The number of ether oxygens (including phenoxy) is 1. The minimum Gasteiger partial charge on any atom is -0.493 e. The quantitative estimate of drug-likeness (QED) is 0.769. The molecule has 0 spiro atoms. The highest BCUT2D eigenvalue weighted by Crippen LogP contribution is 2.22. The minimum atomic E-state index is -0.793. The Hall–Kier alpha value is -1.55. The van der Waals surface area contributed by atoms with Gasteiger partial charge in [0.25, 0.3) is 0 Å². The van der Waals surface area contributed by atoms with Crippen LogP contribution in [0.3, 0.4) is 0 Å². The molecule has 0 saturated heterocycles. The van der Waals surface area contributed by atoms with E-state index in [-0.39, 0.29) is 0 Å². The van der Waals surface area contributed by atoms with Crippen molar-refractivity contribution >= 4 is 5.97 Å². The molecule has 0 bridgehead atoms. The molecule has 0 radical (unpaired) electrons. The lowest BCUT2D eigenvalue weighted by molar-refractivity contribution is -0.142. The maximum Gasteiger partial charge on any atom is 0.320 e. The molecule has 1 N–H and O–H groups in total. The van der Waals surface area contributed by atoms with Crippen LogP contribution in [0.5, 0.6) is 5.75 Å². The second kappa shape index (κ2) is 7.14. The minimum absolute atomic E-state index is 0.458. The van der Waals surface area contributed by atoms with Crippen molar-refractivity contribution in [2.75, 3.05) is 20.2 Å². The first-order valence-electron chi connectivity index (χ1n) is 6.55. The highest BCUT2D eigenvalue weighted by Gasteiger charge is 2.15. The molecule has 0 aromatic heterocycles. The van der Waals surface area contributed by atoms with Crippen molar-refractivity contribution in [2.24, 2.45) is 0 Å². The Bertz CT molecular complexity index is 411. The van der Waals surface area contributed by atoms with E-state index in [1.165, 1.54) is 0 Å². The summed E-state index contributed by atoms with van der Waals surface area (Å²) >= 11 is 0. The molecule has 1 atom stereocenters. The molecule has 106 valence electrons. The molecule has 0 fully saturated rings. The van der Waals surface area contributed by atoms with E-state index < -0.39 is 12.0 Å². The number of para-hydroxylation sites is 1. The molecular formula is C15H23NO3. The first kappa shape index (κ1) is 15.5. The highest BCUT2D eigenvalue weighted by molar-refractivity contribution is 5.72. The van der Waals surface area contributed by atoms with Crippen molar-refractivity contribution in [3.63, 3.8) is 0 Å². The molecule has 1 rings (SSSR count). The molecule has 1 aromatic carbocycles. The Labute approximate surface area is 115 Å². The van der Waals surface area contributed by atoms with Crippen LogP contribution in [0.2, 0.25) is 0 Å². The van der Waals surface area contributed by atoms with E-state index in [9.17, 15) is 4.79 Å². The third-order valence-electron chi connectivity index (χ3n) is 3.33. The molecule has 1 unspecified atom stereocenters. The molecule has 0 heterocycles. The van der Waals surface area contributed by atoms with E-state index in [0.717, 1.165) is 23.3 Å². The number of nitrogens with zero attached hydrogens (tertiary/aromatic N) is 1. The zero-order valence-electron chi connectivity index (χ0n) is 12.1. The van der Waals surface area contributed by atoms with Gasteiger partial charge in [-0.2, -0.15) is 0 Å². The molecule has 19 heavy (non-hydrogen) atoms. The van der Waals surface area contributed by atoms with Crippen LogP contribution < -0.4 is 4.74 Å². The van der Waals surface area contributed by atoms with Crippen LogP contribution in [0.25, 0.3) is 0 Å². The van der Waals surface area contributed by atoms with E-state index in [2.05, 4.69) is 0 Å². The molecule has 0 saturated carbocycles. The van der Waals surface area contributed by atoms with E-state index in [4.69, 9.17) is 9.84 Å². The van der Waals surface area contributed by atoms with Crippen LogP contribution in [0.1, 0.15) is 24.5 Å². The molecule has 1 aromatic rings. The molecule has 4 nitrogen and oxygen atoms in total. The van der Waals surface area contributed by atoms with Crippen molar-refractivity contribution in [1.82, 2.24) is 4.90 Å². The number of aliphatic carboxylic acids is 1. The van der Waals surface area contributed by atoms with E-state index in [1.54, 1.807) is 6.92 Å². The van der Waals surface area contributed by atoms with Crippen LogP contribution in [-0.2, 0) is 4.79 Å². The molecule has 0 aliphatic carbocycles. The van der Waals surface area contributed by atoms with Gasteiger partial charge in [-0.25, -0.2) is 0 Å². The lowest BCUT2D eigenvalue weighted by Crippen LogP contribution is -2.36. The fourth-order valence-corrected chi connectivity index (χ4v) is 1.90. The van der Waals surface area contributed by atoms with Gasteiger partial charge in [0.15, 0.2) is 0 Å². The van der Waals surface area contributed by atoms with Gasteiger partial charge < -0.3 is 9.84 Å². The van der Waals surface area contributed by atoms with Gasteiger partial charge in [0.1, 0.15) is 11.8 Å². The number of carboxylic acids is 1. The summed E-state index contributed by atoms with van der Waals surface area (Å²) < 4.78 is 5.78. The Morgan fingerprint density at radius 1 is 1.37 bits per heavy atom. The Kier molecular flexibility index (Phi) is 5.83. The second-order valence-electron chi connectivity index (χ2n) is 4.92. The van der Waals surface area contributed by atoms with E-state index in [0.29, 0.717) is 13.2 Å². The van der Waals surface area contributed by atoms with Gasteiger partial charge in [-0.1, -0.05) is 18.2 Å². The fraction of sp³-hybridized carbons (Fsp3) is 0.533. The number of likely N-dealkylation sites (N-methyl/N-ethyl adjacent to an activating group) is 1. The number of benzene rings is 1. The predicted molar refractivity (Wildman–Crippen MR) is 75.8 cm³/mol. The number of carboxylic acid groups (broad SMARTS) is 1. The first-order valence-corrected chi connectivity index (χ1v) is 6.55. The summed E-state index contributed by atoms with van der Waals surface area (Å²) in [5, 5.41) is 8.89. The SMILES string of the molecule is Cc1cccc(C)c1OCCCN(C)C(C)C(=O)O. The van der Waals surface area contributed by atoms with Crippen molar-refractivity contribution in [2.45, 2.75) is 33.2 Å². The number of aryl methyl sites for hydroxylation is 2. The van der Waals surface area contributed by atoms with Crippen LogP contribution in [0, 0.1) is 13.8 Å². The van der Waals surface area contributed by atoms with Crippen LogP contribution in [0.15, 0.2) is 18.2 Å². The summed E-state index contributed by atoms with van der Waals surface area (Å²) in [6.07, 6.45) is 0.807. The first-order chi connectivity index (χ1) is 8.93. The largest absolute Gasteiger partial charge is 0.493 e. The number of rotatable bonds is 7. The standard InChI is InChI=1S/C15H23NO3/c1-11-7-5-8-12(2)14(11)19-10-6-9-16(4)13(3)15(17)18/h5,7-8,13H,6,9-10H2,1-4H3,(H,17,18). The maximum atomic E-state index is 10.8. The van der Waals surface area contributed by atoms with E-state index in [1.807, 2.05) is 44.0 Å². The lowest BCUT2D eigenvalue weighted by atomic mass is 10.1. The van der Waals surface area contributed by atoms with Gasteiger partial charge in [0.2, 0.25) is 0 Å². The normalized spacial score (nSPS) is 12.5. The maximum absolute atomic E-state index is 10.8.